The van der Waals surface area contributed by atoms with Gasteiger partial charge in [0.05, 0.1) is 0 Å². The molecule has 2 N–H and O–H groups in total. The van der Waals surface area contributed by atoms with Crippen molar-refractivity contribution in [1.82, 2.24) is 10.2 Å². The summed E-state index contributed by atoms with van der Waals surface area (Å²) >= 11 is 1.40. The lowest BCUT2D eigenvalue weighted by Gasteiger charge is -2.16. The molecular formula is C13H15N3OS. The lowest BCUT2D eigenvalue weighted by Crippen LogP contribution is -2.02. The summed E-state index contributed by atoms with van der Waals surface area (Å²) in [6.07, 6.45) is 4.90. The number of nitrogens with two attached hydrogens (primary N) is 1. The predicted octanol–water partition coefficient (Wildman–Crippen LogP) is 2.67. The molecule has 94 valence electrons. The van der Waals surface area contributed by atoms with Gasteiger partial charge in [0.25, 0.3) is 5.19 Å². The van der Waals surface area contributed by atoms with E-state index in [1.165, 1.54) is 41.7 Å². The molecule has 5 heteroatoms. The second kappa shape index (κ2) is 5.04. The average Bonchev–Trinajstić information content (AvgIpc) is 2.86. The van der Waals surface area contributed by atoms with Crippen molar-refractivity contribution in [2.75, 3.05) is 0 Å². The molecule has 1 aromatic carbocycles. The lowest BCUT2D eigenvalue weighted by molar-refractivity contribution is 0.471. The first kappa shape index (κ1) is 11.6. The molecule has 1 heterocycles. The molecule has 1 aliphatic carbocycles. The maximum Gasteiger partial charge on any atom is 0.299 e. The van der Waals surface area contributed by atoms with Crippen molar-refractivity contribution in [3.63, 3.8) is 0 Å². The first-order valence-electron chi connectivity index (χ1n) is 6.17. The van der Waals surface area contributed by atoms with Crippen LogP contribution in [0, 0.1) is 0 Å². The third kappa shape index (κ3) is 2.37. The number of fused-ring (bicyclic) bond motifs is 1. The smallest absolute Gasteiger partial charge is 0.299 e. The minimum Gasteiger partial charge on any atom is -0.430 e. The van der Waals surface area contributed by atoms with E-state index >= 15 is 0 Å². The molecule has 0 amide bonds. The van der Waals surface area contributed by atoms with E-state index in [1.54, 1.807) is 0 Å². The quantitative estimate of drug-likeness (QED) is 0.922. The molecule has 0 unspecified atom stereocenters. The molecule has 4 nitrogen and oxygen atoms in total. The van der Waals surface area contributed by atoms with Crippen molar-refractivity contribution >= 4 is 11.3 Å². The van der Waals surface area contributed by atoms with Crippen LogP contribution in [0.15, 0.2) is 18.2 Å². The summed E-state index contributed by atoms with van der Waals surface area (Å²) in [6.45, 7) is 0.408. The van der Waals surface area contributed by atoms with Gasteiger partial charge in [-0.2, -0.15) is 0 Å². The Morgan fingerprint density at radius 2 is 2.00 bits per heavy atom. The standard InChI is InChI=1S/C13H15N3OS/c14-8-12-15-16-13(18-12)17-11-6-5-9-3-1-2-4-10(9)7-11/h5-7H,1-4,8,14H2. The molecule has 0 bridgehead atoms. The molecule has 18 heavy (non-hydrogen) atoms. The first-order valence-corrected chi connectivity index (χ1v) is 6.99. The van der Waals surface area contributed by atoms with Crippen LogP contribution >= 0.6 is 11.3 Å². The zero-order valence-electron chi connectivity index (χ0n) is 10.1. The Labute approximate surface area is 110 Å². The van der Waals surface area contributed by atoms with E-state index < -0.39 is 0 Å². The third-order valence-electron chi connectivity index (χ3n) is 3.15. The minimum atomic E-state index is 0.408. The SMILES string of the molecule is NCc1nnc(Oc2ccc3c(c2)CCCC3)s1. The molecule has 0 fully saturated rings. The van der Waals surface area contributed by atoms with E-state index in [1.807, 2.05) is 6.07 Å². The summed E-state index contributed by atoms with van der Waals surface area (Å²) in [7, 11) is 0. The van der Waals surface area contributed by atoms with Crippen molar-refractivity contribution in [2.45, 2.75) is 32.2 Å². The molecule has 3 rings (SSSR count). The fourth-order valence-corrected chi connectivity index (χ4v) is 2.82. The minimum absolute atomic E-state index is 0.408. The predicted molar refractivity (Wildman–Crippen MR) is 71.0 cm³/mol. The maximum atomic E-state index is 5.72. The van der Waals surface area contributed by atoms with E-state index in [4.69, 9.17) is 10.5 Å². The fourth-order valence-electron chi connectivity index (χ4n) is 2.24. The number of nitrogens with zero attached hydrogens (tertiary/aromatic N) is 2. The van der Waals surface area contributed by atoms with Gasteiger partial charge in [-0.25, -0.2) is 0 Å². The first-order chi connectivity index (χ1) is 8.85. The van der Waals surface area contributed by atoms with Gasteiger partial charge >= 0.3 is 0 Å². The van der Waals surface area contributed by atoms with E-state index in [9.17, 15) is 0 Å². The van der Waals surface area contributed by atoms with Gasteiger partial charge < -0.3 is 10.5 Å². The number of ether oxygens (including phenoxy) is 1. The number of aryl methyl sites for hydroxylation is 2. The molecule has 1 aromatic heterocycles. The monoisotopic (exact) mass is 261 g/mol. The van der Waals surface area contributed by atoms with Gasteiger partial charge in [-0.15, -0.1) is 5.10 Å². The Balaban J connectivity index is 1.80. The highest BCUT2D eigenvalue weighted by molar-refractivity contribution is 7.13. The van der Waals surface area contributed by atoms with E-state index in [0.717, 1.165) is 17.2 Å². The van der Waals surface area contributed by atoms with Crippen LogP contribution in [0.2, 0.25) is 0 Å². The molecule has 1 aliphatic rings. The lowest BCUT2D eigenvalue weighted by atomic mass is 9.92. The fraction of sp³-hybridized carbons (Fsp3) is 0.385. The van der Waals surface area contributed by atoms with Crippen LogP contribution in [0.25, 0.3) is 0 Å². The molecule has 0 radical (unpaired) electrons. The summed E-state index contributed by atoms with van der Waals surface area (Å²) in [6, 6.07) is 6.29. The number of aromatic nitrogens is 2. The summed E-state index contributed by atoms with van der Waals surface area (Å²) < 4.78 is 5.72. The summed E-state index contributed by atoms with van der Waals surface area (Å²) in [5.74, 6) is 0.843. The zero-order chi connectivity index (χ0) is 12.4. The van der Waals surface area contributed by atoms with Gasteiger partial charge in [0.1, 0.15) is 10.8 Å². The van der Waals surface area contributed by atoms with Crippen LogP contribution < -0.4 is 10.5 Å². The summed E-state index contributed by atoms with van der Waals surface area (Å²) in [4.78, 5) is 0. The molecule has 0 spiro atoms. The largest absolute Gasteiger partial charge is 0.430 e. The molecule has 0 saturated heterocycles. The van der Waals surface area contributed by atoms with Crippen molar-refractivity contribution in [3.8, 4) is 10.9 Å². The third-order valence-corrected chi connectivity index (χ3v) is 3.97. The molecular weight excluding hydrogens is 246 g/mol. The van der Waals surface area contributed by atoms with Gasteiger partial charge in [-0.3, -0.25) is 0 Å². The average molecular weight is 261 g/mol. The van der Waals surface area contributed by atoms with Gasteiger partial charge in [-0.05, 0) is 48.9 Å². The Bertz CT molecular complexity index is 553. The summed E-state index contributed by atoms with van der Waals surface area (Å²) in [5, 5.41) is 9.25. The topological polar surface area (TPSA) is 61.0 Å². The Morgan fingerprint density at radius 1 is 1.17 bits per heavy atom. The van der Waals surface area contributed by atoms with Crippen LogP contribution in [0.4, 0.5) is 0 Å². The second-order valence-electron chi connectivity index (χ2n) is 4.41. The van der Waals surface area contributed by atoms with E-state index in [-0.39, 0.29) is 0 Å². The summed E-state index contributed by atoms with van der Waals surface area (Å²) in [5.41, 5.74) is 8.36. The van der Waals surface area contributed by atoms with Crippen molar-refractivity contribution in [1.29, 1.82) is 0 Å². The van der Waals surface area contributed by atoms with Gasteiger partial charge in [0.2, 0.25) is 0 Å². The van der Waals surface area contributed by atoms with Crippen molar-refractivity contribution in [3.05, 3.63) is 34.3 Å². The van der Waals surface area contributed by atoms with Crippen LogP contribution in [0.3, 0.4) is 0 Å². The van der Waals surface area contributed by atoms with Crippen LogP contribution in [-0.4, -0.2) is 10.2 Å². The highest BCUT2D eigenvalue weighted by Crippen LogP contribution is 2.29. The van der Waals surface area contributed by atoms with Gasteiger partial charge in [-0.1, -0.05) is 22.5 Å². The number of hydrogen-bond acceptors (Lipinski definition) is 5. The molecule has 2 aromatic rings. The highest BCUT2D eigenvalue weighted by Gasteiger charge is 2.11. The Morgan fingerprint density at radius 3 is 2.78 bits per heavy atom. The van der Waals surface area contributed by atoms with Gasteiger partial charge in [0.15, 0.2) is 0 Å². The second-order valence-corrected chi connectivity index (χ2v) is 5.43. The maximum absolute atomic E-state index is 5.72. The highest BCUT2D eigenvalue weighted by atomic mass is 32.1. The Hall–Kier alpha value is -1.46. The van der Waals surface area contributed by atoms with E-state index in [0.29, 0.717) is 11.7 Å². The normalized spacial score (nSPS) is 14.3. The molecule has 0 saturated carbocycles. The van der Waals surface area contributed by atoms with Crippen LogP contribution in [0.1, 0.15) is 29.0 Å². The van der Waals surface area contributed by atoms with Gasteiger partial charge in [0, 0.05) is 6.54 Å². The Kier molecular flexibility index (Phi) is 3.25. The number of rotatable bonds is 3. The van der Waals surface area contributed by atoms with Crippen LogP contribution in [-0.2, 0) is 19.4 Å². The number of benzene rings is 1. The van der Waals surface area contributed by atoms with Crippen LogP contribution in [0.5, 0.6) is 10.9 Å². The zero-order valence-corrected chi connectivity index (χ0v) is 10.9. The van der Waals surface area contributed by atoms with Crippen molar-refractivity contribution in [2.24, 2.45) is 5.73 Å². The molecule has 0 aliphatic heterocycles. The van der Waals surface area contributed by atoms with E-state index in [2.05, 4.69) is 22.3 Å². The number of hydrogen-bond donors (Lipinski definition) is 1. The molecule has 0 atom stereocenters. The van der Waals surface area contributed by atoms with Crippen molar-refractivity contribution < 1.29 is 4.74 Å².